The fourth-order valence-corrected chi connectivity index (χ4v) is 3.15. The van der Waals surface area contributed by atoms with E-state index < -0.39 is 55.8 Å². The molecule has 0 saturated heterocycles. The van der Waals surface area contributed by atoms with Crippen LogP contribution >= 0.6 is 34.2 Å². The molecule has 0 amide bonds. The van der Waals surface area contributed by atoms with Crippen LogP contribution < -0.4 is 4.74 Å². The largest absolute Gasteiger partial charge is 0.743 e. The van der Waals surface area contributed by atoms with Gasteiger partial charge in [0.25, 0.3) is 5.69 Å². The number of nitrogens with zero attached hydrogens (tertiary/aromatic N) is 1. The van der Waals surface area contributed by atoms with Crippen LogP contribution in [0, 0.1) is 13.7 Å². The van der Waals surface area contributed by atoms with Crippen molar-refractivity contribution in [3.63, 3.8) is 0 Å². The minimum Gasteiger partial charge on any atom is -0.743 e. The topological polar surface area (TPSA) is 153 Å². The van der Waals surface area contributed by atoms with E-state index in [2.05, 4.69) is 4.74 Å². The third-order valence-electron chi connectivity index (χ3n) is 3.48. The second kappa shape index (κ2) is 9.37. The smallest absolute Gasteiger partial charge is 0.367 e. The molecule has 0 unspecified atom stereocenters. The number of hydrogen-bond donors (Lipinski definition) is 0. The molecule has 0 N–H and O–H groups in total. The molecule has 0 fully saturated rings. The van der Waals surface area contributed by atoms with Crippen LogP contribution in [0.25, 0.3) is 0 Å². The van der Waals surface area contributed by atoms with E-state index in [4.69, 9.17) is 16.3 Å². The Morgan fingerprint density at radius 1 is 1.13 bits per heavy atom. The van der Waals surface area contributed by atoms with Gasteiger partial charge in [-0.1, -0.05) is 11.6 Å². The number of nitro groups is 1. The molecule has 0 bridgehead atoms. The van der Waals surface area contributed by atoms with Crippen molar-refractivity contribution in [2.24, 2.45) is 0 Å². The molecule has 2 rings (SSSR count). The summed E-state index contributed by atoms with van der Waals surface area (Å²) in [6.45, 7) is -2.17. The maximum Gasteiger partial charge on any atom is 0.367 e. The van der Waals surface area contributed by atoms with Crippen molar-refractivity contribution in [2.75, 3.05) is 6.61 Å². The zero-order valence-corrected chi connectivity index (χ0v) is 18.4. The number of carbonyl (C=O) groups excluding carboxylic acids is 2. The van der Waals surface area contributed by atoms with Crippen LogP contribution in [0.1, 0.15) is 20.7 Å². The van der Waals surface area contributed by atoms with Gasteiger partial charge in [-0.15, -0.1) is 0 Å². The first-order valence-corrected chi connectivity index (χ1v) is 10.6. The number of halogens is 4. The Labute approximate surface area is 191 Å². The number of rotatable bonds is 7. The van der Waals surface area contributed by atoms with E-state index in [0.29, 0.717) is 6.07 Å². The second-order valence-corrected chi connectivity index (χ2v) is 8.78. The maximum atomic E-state index is 13.2. The van der Waals surface area contributed by atoms with Crippen molar-refractivity contribution in [2.45, 2.75) is 5.25 Å². The third kappa shape index (κ3) is 6.05. The molecular weight excluding hydrogens is 583 g/mol. The number of carbonyl (C=O) groups is 2. The van der Waals surface area contributed by atoms with E-state index in [0.717, 1.165) is 15.7 Å². The summed E-state index contributed by atoms with van der Waals surface area (Å²) in [5.74, 6) is -3.14. The fraction of sp³-hybridized carbons (Fsp3) is 0.125. The van der Waals surface area contributed by atoms with Crippen molar-refractivity contribution in [3.8, 4) is 5.75 Å². The summed E-state index contributed by atoms with van der Waals surface area (Å²) in [5, 5.41) is 6.18. The van der Waals surface area contributed by atoms with Gasteiger partial charge in [0.2, 0.25) is 0 Å². The molecule has 166 valence electrons. The van der Waals surface area contributed by atoms with Crippen LogP contribution in [-0.4, -0.2) is 41.7 Å². The molecule has 0 aliphatic carbocycles. The van der Waals surface area contributed by atoms with Crippen LogP contribution in [0.2, 0.25) is 5.02 Å². The minimum atomic E-state index is -6.15. The first-order chi connectivity index (χ1) is 14.2. The van der Waals surface area contributed by atoms with Gasteiger partial charge in [-0.05, 0) is 46.9 Å². The highest BCUT2D eigenvalue weighted by Gasteiger charge is 2.40. The SMILES string of the molecule is O=C(Oc1ccc([N+](=O)[O-])c(C(=O)OCC(F)(F)S(=O)(=O)[O-])c1)c1ccc(I)cc1Cl. The molecule has 0 aliphatic heterocycles. The molecule has 0 heterocycles. The van der Waals surface area contributed by atoms with Crippen LogP contribution in [0.3, 0.4) is 0 Å². The fourth-order valence-electron chi connectivity index (χ4n) is 2.02. The molecule has 2 aromatic carbocycles. The van der Waals surface area contributed by atoms with E-state index in [-0.39, 0.29) is 10.6 Å². The average Bonchev–Trinajstić information content (AvgIpc) is 2.64. The van der Waals surface area contributed by atoms with Crippen LogP contribution in [0.4, 0.5) is 14.5 Å². The van der Waals surface area contributed by atoms with Crippen LogP contribution in [0.5, 0.6) is 5.75 Å². The van der Waals surface area contributed by atoms with Gasteiger partial charge >= 0.3 is 17.2 Å². The normalized spacial score (nSPS) is 11.6. The first-order valence-electron chi connectivity index (χ1n) is 7.69. The molecule has 2 aromatic rings. The van der Waals surface area contributed by atoms with Gasteiger partial charge < -0.3 is 14.0 Å². The summed E-state index contributed by atoms with van der Waals surface area (Å²) in [6, 6.07) is 6.69. The van der Waals surface area contributed by atoms with Crippen molar-refractivity contribution >= 4 is 61.9 Å². The Morgan fingerprint density at radius 2 is 1.77 bits per heavy atom. The molecule has 0 saturated carbocycles. The zero-order chi connectivity index (χ0) is 23.6. The lowest BCUT2D eigenvalue weighted by Gasteiger charge is -2.19. The van der Waals surface area contributed by atoms with Crippen molar-refractivity contribution < 1.29 is 45.7 Å². The Morgan fingerprint density at radius 3 is 2.32 bits per heavy atom. The summed E-state index contributed by atoms with van der Waals surface area (Å²) in [7, 11) is -6.15. The Hall–Kier alpha value is -2.43. The number of benzene rings is 2. The first kappa shape index (κ1) is 24.8. The van der Waals surface area contributed by atoms with Crippen molar-refractivity contribution in [3.05, 3.63) is 66.2 Å². The van der Waals surface area contributed by atoms with Gasteiger partial charge in [0.15, 0.2) is 16.7 Å². The van der Waals surface area contributed by atoms with Crippen LogP contribution in [0.15, 0.2) is 36.4 Å². The lowest BCUT2D eigenvalue weighted by molar-refractivity contribution is -0.385. The maximum absolute atomic E-state index is 13.2. The van der Waals surface area contributed by atoms with Crippen LogP contribution in [-0.2, 0) is 14.9 Å². The lowest BCUT2D eigenvalue weighted by atomic mass is 10.1. The highest BCUT2D eigenvalue weighted by atomic mass is 127. The van der Waals surface area contributed by atoms with E-state index in [1.54, 1.807) is 6.07 Å². The van der Waals surface area contributed by atoms with Crippen molar-refractivity contribution in [1.29, 1.82) is 0 Å². The van der Waals surface area contributed by atoms with Gasteiger partial charge in [-0.25, -0.2) is 18.0 Å². The monoisotopic (exact) mass is 590 g/mol. The van der Waals surface area contributed by atoms with E-state index in [1.165, 1.54) is 12.1 Å². The van der Waals surface area contributed by atoms with Gasteiger partial charge in [0, 0.05) is 15.7 Å². The van der Waals surface area contributed by atoms with Gasteiger partial charge in [0.1, 0.15) is 11.3 Å². The molecule has 0 aromatic heterocycles. The minimum absolute atomic E-state index is 0.0412. The number of alkyl halides is 2. The zero-order valence-electron chi connectivity index (χ0n) is 14.7. The Kier molecular flexibility index (Phi) is 7.51. The summed E-state index contributed by atoms with van der Waals surface area (Å²) < 4.78 is 67.5. The summed E-state index contributed by atoms with van der Waals surface area (Å²) in [6.07, 6.45) is 0. The Bertz CT molecular complexity index is 1170. The number of ether oxygens (including phenoxy) is 2. The number of hydrogen-bond acceptors (Lipinski definition) is 9. The molecule has 0 spiro atoms. The molecule has 0 aliphatic rings. The number of esters is 2. The lowest BCUT2D eigenvalue weighted by Crippen LogP contribution is -2.34. The summed E-state index contributed by atoms with van der Waals surface area (Å²) in [4.78, 5) is 34.3. The van der Waals surface area contributed by atoms with Crippen molar-refractivity contribution in [1.82, 2.24) is 0 Å². The van der Waals surface area contributed by atoms with E-state index >= 15 is 0 Å². The molecular formula is C16H8ClF2INO9S-. The van der Waals surface area contributed by atoms with Gasteiger partial charge in [0.05, 0.1) is 15.5 Å². The molecule has 0 atom stereocenters. The predicted molar refractivity (Wildman–Crippen MR) is 107 cm³/mol. The van der Waals surface area contributed by atoms with E-state index in [9.17, 15) is 41.5 Å². The number of nitro benzene ring substituents is 1. The molecule has 10 nitrogen and oxygen atoms in total. The second-order valence-electron chi connectivity index (χ2n) is 5.62. The average molecular weight is 591 g/mol. The molecule has 31 heavy (non-hydrogen) atoms. The third-order valence-corrected chi connectivity index (χ3v) is 5.32. The highest BCUT2D eigenvalue weighted by molar-refractivity contribution is 14.1. The quantitative estimate of drug-likeness (QED) is 0.118. The highest BCUT2D eigenvalue weighted by Crippen LogP contribution is 2.28. The van der Waals surface area contributed by atoms with E-state index in [1.807, 2.05) is 22.6 Å². The summed E-state index contributed by atoms with van der Waals surface area (Å²) in [5.41, 5.74) is -1.90. The molecule has 15 heteroatoms. The predicted octanol–water partition coefficient (Wildman–Crippen LogP) is 3.37. The standard InChI is InChI=1S/C16H9ClF2INO9S/c17-12-5-8(20)1-3-10(12)15(23)30-9-2-4-13(21(24)25)11(6-9)14(22)29-7-16(18,19)31(26,27)28/h1-6H,7H2,(H,26,27,28)/p-1. The Balaban J connectivity index is 2.31. The van der Waals surface area contributed by atoms with Gasteiger partial charge in [-0.3, -0.25) is 10.1 Å². The van der Waals surface area contributed by atoms with Gasteiger partial charge in [-0.2, -0.15) is 8.78 Å². The molecule has 0 radical (unpaired) electrons. The summed E-state index contributed by atoms with van der Waals surface area (Å²) >= 11 is 7.89.